The number of hydrogen-bond acceptors (Lipinski definition) is 4. The van der Waals surface area contributed by atoms with Crippen LogP contribution in [0.4, 0.5) is 4.79 Å². The second-order valence-electron chi connectivity index (χ2n) is 7.99. The van der Waals surface area contributed by atoms with Crippen LogP contribution in [0.15, 0.2) is 42.5 Å². The summed E-state index contributed by atoms with van der Waals surface area (Å²) in [7, 11) is 0. The molecule has 0 spiro atoms. The molecule has 3 rings (SSSR count). The summed E-state index contributed by atoms with van der Waals surface area (Å²) in [5.74, 6) is -0.356. The van der Waals surface area contributed by atoms with Gasteiger partial charge in [0.1, 0.15) is 12.2 Å². The van der Waals surface area contributed by atoms with Crippen molar-refractivity contribution < 1.29 is 19.1 Å². The highest BCUT2D eigenvalue weighted by Gasteiger charge is 2.30. The van der Waals surface area contributed by atoms with Gasteiger partial charge in [-0.05, 0) is 49.9 Å². The Hall–Kier alpha value is -2.56. The SMILES string of the molecule is CC(C)(C)OC(=O)N1CCC(C(=O)OCc2cccc3ccccc23)CC1. The molecule has 0 bridgehead atoms. The number of piperidine rings is 1. The highest BCUT2D eigenvalue weighted by molar-refractivity contribution is 5.85. The molecule has 0 saturated carbocycles. The maximum atomic E-state index is 12.5. The van der Waals surface area contributed by atoms with E-state index in [-0.39, 0.29) is 24.6 Å². The third kappa shape index (κ3) is 5.00. The minimum atomic E-state index is -0.509. The minimum absolute atomic E-state index is 0.168. The van der Waals surface area contributed by atoms with E-state index in [4.69, 9.17) is 9.47 Å². The fourth-order valence-corrected chi connectivity index (χ4v) is 3.31. The first-order valence-corrected chi connectivity index (χ1v) is 9.45. The minimum Gasteiger partial charge on any atom is -0.461 e. The van der Waals surface area contributed by atoms with Crippen molar-refractivity contribution in [3.8, 4) is 0 Å². The first-order valence-electron chi connectivity index (χ1n) is 9.45. The van der Waals surface area contributed by atoms with Crippen LogP contribution in [0.3, 0.4) is 0 Å². The standard InChI is InChI=1S/C22H27NO4/c1-22(2,3)27-21(25)23-13-11-17(12-14-23)20(24)26-15-18-9-6-8-16-7-4-5-10-19(16)18/h4-10,17H,11-15H2,1-3H3. The first-order chi connectivity index (χ1) is 12.8. The summed E-state index contributed by atoms with van der Waals surface area (Å²) in [5, 5.41) is 2.24. The third-order valence-corrected chi connectivity index (χ3v) is 4.73. The van der Waals surface area contributed by atoms with Gasteiger partial charge in [-0.3, -0.25) is 4.79 Å². The normalized spacial score (nSPS) is 15.6. The number of hydrogen-bond donors (Lipinski definition) is 0. The monoisotopic (exact) mass is 369 g/mol. The number of carbonyl (C=O) groups excluding carboxylic acids is 2. The zero-order valence-electron chi connectivity index (χ0n) is 16.2. The fraction of sp³-hybridized carbons (Fsp3) is 0.455. The van der Waals surface area contributed by atoms with E-state index in [2.05, 4.69) is 0 Å². The number of benzene rings is 2. The molecular formula is C22H27NO4. The van der Waals surface area contributed by atoms with Crippen molar-refractivity contribution in [3.05, 3.63) is 48.0 Å². The molecule has 1 aliphatic heterocycles. The molecule has 0 radical (unpaired) electrons. The largest absolute Gasteiger partial charge is 0.461 e. The summed E-state index contributed by atoms with van der Waals surface area (Å²) in [6.45, 7) is 6.85. The van der Waals surface area contributed by atoms with E-state index in [1.165, 1.54) is 0 Å². The van der Waals surface area contributed by atoms with Crippen molar-refractivity contribution in [1.29, 1.82) is 0 Å². The molecule has 0 aromatic heterocycles. The van der Waals surface area contributed by atoms with E-state index in [0.29, 0.717) is 25.9 Å². The summed E-state index contributed by atoms with van der Waals surface area (Å²) < 4.78 is 11.0. The van der Waals surface area contributed by atoms with Crippen LogP contribution in [0.2, 0.25) is 0 Å². The Kier molecular flexibility index (Phi) is 5.68. The predicted molar refractivity (Wildman–Crippen MR) is 104 cm³/mol. The average molecular weight is 369 g/mol. The molecule has 0 aliphatic carbocycles. The molecule has 0 unspecified atom stereocenters. The number of fused-ring (bicyclic) bond motifs is 1. The number of likely N-dealkylation sites (tertiary alicyclic amines) is 1. The maximum absolute atomic E-state index is 12.5. The Balaban J connectivity index is 1.52. The summed E-state index contributed by atoms with van der Waals surface area (Å²) in [4.78, 5) is 26.2. The van der Waals surface area contributed by atoms with Crippen molar-refractivity contribution in [3.63, 3.8) is 0 Å². The molecule has 0 N–H and O–H groups in total. The zero-order chi connectivity index (χ0) is 19.4. The van der Waals surface area contributed by atoms with Gasteiger partial charge in [-0.1, -0.05) is 42.5 Å². The lowest BCUT2D eigenvalue weighted by Gasteiger charge is -2.32. The summed E-state index contributed by atoms with van der Waals surface area (Å²) in [6, 6.07) is 14.1. The van der Waals surface area contributed by atoms with Gasteiger partial charge in [0.2, 0.25) is 0 Å². The Labute approximate surface area is 160 Å². The van der Waals surface area contributed by atoms with E-state index in [0.717, 1.165) is 16.3 Å². The number of rotatable bonds is 3. The molecule has 2 aromatic rings. The molecule has 27 heavy (non-hydrogen) atoms. The van der Waals surface area contributed by atoms with Gasteiger partial charge < -0.3 is 14.4 Å². The highest BCUT2D eigenvalue weighted by atomic mass is 16.6. The second-order valence-corrected chi connectivity index (χ2v) is 7.99. The van der Waals surface area contributed by atoms with Gasteiger partial charge in [0, 0.05) is 13.1 Å². The molecule has 2 aromatic carbocycles. The number of esters is 1. The molecule has 1 heterocycles. The van der Waals surface area contributed by atoms with Crippen LogP contribution in [0.5, 0.6) is 0 Å². The number of carbonyl (C=O) groups is 2. The smallest absolute Gasteiger partial charge is 0.410 e. The lowest BCUT2D eigenvalue weighted by Crippen LogP contribution is -2.43. The molecule has 5 heteroatoms. The maximum Gasteiger partial charge on any atom is 0.410 e. The van der Waals surface area contributed by atoms with Crippen molar-refractivity contribution in [1.82, 2.24) is 4.90 Å². The average Bonchev–Trinajstić information content (AvgIpc) is 2.65. The Bertz CT molecular complexity index is 811. The van der Waals surface area contributed by atoms with Crippen LogP contribution in [0, 0.1) is 5.92 Å². The van der Waals surface area contributed by atoms with Crippen LogP contribution in [0.1, 0.15) is 39.2 Å². The fourth-order valence-electron chi connectivity index (χ4n) is 3.31. The summed E-state index contributed by atoms with van der Waals surface area (Å²) >= 11 is 0. The van der Waals surface area contributed by atoms with E-state index in [1.807, 2.05) is 63.2 Å². The molecule has 5 nitrogen and oxygen atoms in total. The van der Waals surface area contributed by atoms with Crippen LogP contribution in [-0.2, 0) is 20.9 Å². The number of amides is 1. The van der Waals surface area contributed by atoms with Crippen molar-refractivity contribution in [2.45, 2.75) is 45.8 Å². The molecule has 1 aliphatic rings. The van der Waals surface area contributed by atoms with E-state index >= 15 is 0 Å². The number of nitrogens with zero attached hydrogens (tertiary/aromatic N) is 1. The van der Waals surface area contributed by atoms with Crippen molar-refractivity contribution >= 4 is 22.8 Å². The topological polar surface area (TPSA) is 55.8 Å². The zero-order valence-corrected chi connectivity index (χ0v) is 16.2. The lowest BCUT2D eigenvalue weighted by atomic mass is 9.97. The van der Waals surface area contributed by atoms with Crippen molar-refractivity contribution in [2.24, 2.45) is 5.92 Å². The van der Waals surface area contributed by atoms with Gasteiger partial charge in [0.15, 0.2) is 0 Å². The Morgan fingerprint density at radius 2 is 1.70 bits per heavy atom. The van der Waals surface area contributed by atoms with Gasteiger partial charge >= 0.3 is 12.1 Å². The van der Waals surface area contributed by atoms with Gasteiger partial charge in [-0.2, -0.15) is 0 Å². The number of ether oxygens (including phenoxy) is 2. The molecule has 1 amide bonds. The second kappa shape index (κ2) is 7.99. The van der Waals surface area contributed by atoms with E-state index in [1.54, 1.807) is 4.90 Å². The quantitative estimate of drug-likeness (QED) is 0.746. The first kappa shape index (κ1) is 19.2. The van der Waals surface area contributed by atoms with Gasteiger partial charge in [-0.25, -0.2) is 4.79 Å². The van der Waals surface area contributed by atoms with E-state index < -0.39 is 5.60 Å². The third-order valence-electron chi connectivity index (χ3n) is 4.73. The van der Waals surface area contributed by atoms with Crippen LogP contribution < -0.4 is 0 Å². The van der Waals surface area contributed by atoms with Gasteiger partial charge in [0.25, 0.3) is 0 Å². The van der Waals surface area contributed by atoms with Crippen LogP contribution in [0.25, 0.3) is 10.8 Å². The molecule has 1 fully saturated rings. The molecule has 144 valence electrons. The highest BCUT2D eigenvalue weighted by Crippen LogP contribution is 2.23. The van der Waals surface area contributed by atoms with Crippen LogP contribution >= 0.6 is 0 Å². The molecule has 1 saturated heterocycles. The molecular weight excluding hydrogens is 342 g/mol. The summed E-state index contributed by atoms with van der Waals surface area (Å²) in [5.41, 5.74) is 0.498. The van der Waals surface area contributed by atoms with Gasteiger partial charge in [-0.15, -0.1) is 0 Å². The summed E-state index contributed by atoms with van der Waals surface area (Å²) in [6.07, 6.45) is 0.895. The van der Waals surface area contributed by atoms with Gasteiger partial charge in [0.05, 0.1) is 5.92 Å². The molecule has 0 atom stereocenters. The Morgan fingerprint density at radius 3 is 2.41 bits per heavy atom. The van der Waals surface area contributed by atoms with E-state index in [9.17, 15) is 9.59 Å². The lowest BCUT2D eigenvalue weighted by molar-refractivity contribution is -0.151. The van der Waals surface area contributed by atoms with Crippen LogP contribution in [-0.4, -0.2) is 35.7 Å². The predicted octanol–water partition coefficient (Wildman–Crippen LogP) is 4.53. The Morgan fingerprint density at radius 1 is 1.04 bits per heavy atom. The van der Waals surface area contributed by atoms with Crippen molar-refractivity contribution in [2.75, 3.05) is 13.1 Å².